The molecule has 0 aliphatic carbocycles. The van der Waals surface area contributed by atoms with Gasteiger partial charge in [0.2, 0.25) is 0 Å². The lowest BCUT2D eigenvalue weighted by Crippen LogP contribution is -2.02. The van der Waals surface area contributed by atoms with Crippen molar-refractivity contribution in [3.05, 3.63) is 59.9 Å². The van der Waals surface area contributed by atoms with Crippen molar-refractivity contribution in [3.63, 3.8) is 0 Å². The van der Waals surface area contributed by atoms with Gasteiger partial charge in [-0.2, -0.15) is 5.26 Å². The van der Waals surface area contributed by atoms with Crippen LogP contribution in [0, 0.1) is 17.1 Å². The Morgan fingerprint density at radius 3 is 2.64 bits per heavy atom. The summed E-state index contributed by atoms with van der Waals surface area (Å²) in [6.07, 6.45) is 1.34. The molecule has 2 aromatic rings. The van der Waals surface area contributed by atoms with Crippen LogP contribution in [-0.4, -0.2) is 13.7 Å². The predicted octanol–water partition coefficient (Wildman–Crippen LogP) is 4.30. The van der Waals surface area contributed by atoms with Crippen molar-refractivity contribution in [3.8, 4) is 17.6 Å². The first-order chi connectivity index (χ1) is 10.7. The van der Waals surface area contributed by atoms with Gasteiger partial charge in [-0.15, -0.1) is 0 Å². The molecule has 0 aromatic heterocycles. The molecule has 3 nitrogen and oxygen atoms in total. The first-order valence-corrected chi connectivity index (χ1v) is 7.15. The second-order valence-corrected chi connectivity index (χ2v) is 4.91. The Hall–Kier alpha value is -2.54. The highest BCUT2D eigenvalue weighted by Crippen LogP contribution is 2.22. The number of benzene rings is 2. The van der Waals surface area contributed by atoms with Crippen LogP contribution in [0.25, 0.3) is 0 Å². The first kappa shape index (κ1) is 15.8. The van der Waals surface area contributed by atoms with E-state index in [0.717, 1.165) is 11.5 Å². The Bertz CT molecular complexity index is 652. The van der Waals surface area contributed by atoms with Gasteiger partial charge in [0.05, 0.1) is 25.7 Å². The van der Waals surface area contributed by atoms with Crippen LogP contribution in [0.15, 0.2) is 48.5 Å². The highest BCUT2D eigenvalue weighted by Gasteiger charge is 2.11. The summed E-state index contributed by atoms with van der Waals surface area (Å²) in [4.78, 5) is 0. The molecular formula is C18H18FNO2. The van der Waals surface area contributed by atoms with Gasteiger partial charge in [-0.1, -0.05) is 18.2 Å². The lowest BCUT2D eigenvalue weighted by Gasteiger charge is -2.11. The molecule has 2 rings (SSSR count). The molecule has 0 bridgehead atoms. The van der Waals surface area contributed by atoms with Crippen molar-refractivity contribution >= 4 is 0 Å². The van der Waals surface area contributed by atoms with Crippen molar-refractivity contribution in [1.82, 2.24) is 0 Å². The SMILES string of the molecule is COc1cccc(OCCCC(C#N)c2cccc(F)c2)c1. The van der Waals surface area contributed by atoms with E-state index in [4.69, 9.17) is 9.47 Å². The molecule has 114 valence electrons. The number of hydrogen-bond acceptors (Lipinski definition) is 3. The minimum Gasteiger partial charge on any atom is -0.497 e. The summed E-state index contributed by atoms with van der Waals surface area (Å²) >= 11 is 0. The Labute approximate surface area is 129 Å². The molecule has 22 heavy (non-hydrogen) atoms. The average molecular weight is 299 g/mol. The molecule has 1 atom stereocenters. The minimum atomic E-state index is -0.315. The Morgan fingerprint density at radius 1 is 1.14 bits per heavy atom. The fourth-order valence-electron chi connectivity index (χ4n) is 2.20. The van der Waals surface area contributed by atoms with Crippen molar-refractivity contribution in [2.24, 2.45) is 0 Å². The van der Waals surface area contributed by atoms with Crippen molar-refractivity contribution in [2.75, 3.05) is 13.7 Å². The largest absolute Gasteiger partial charge is 0.497 e. The van der Waals surface area contributed by atoms with E-state index in [9.17, 15) is 9.65 Å². The molecule has 0 heterocycles. The van der Waals surface area contributed by atoms with Crippen molar-refractivity contribution in [1.29, 1.82) is 5.26 Å². The van der Waals surface area contributed by atoms with Crippen LogP contribution in [0.5, 0.6) is 11.5 Å². The quantitative estimate of drug-likeness (QED) is 0.716. The third kappa shape index (κ3) is 4.49. The summed E-state index contributed by atoms with van der Waals surface area (Å²) in [5.74, 6) is 0.848. The Kier molecular flexibility index (Phi) is 5.79. The van der Waals surface area contributed by atoms with E-state index in [0.29, 0.717) is 25.0 Å². The van der Waals surface area contributed by atoms with Crippen LogP contribution in [0.1, 0.15) is 24.3 Å². The smallest absolute Gasteiger partial charge is 0.123 e. The van der Waals surface area contributed by atoms with Crippen LogP contribution in [0.2, 0.25) is 0 Å². The molecule has 1 unspecified atom stereocenters. The summed E-state index contributed by atoms with van der Waals surface area (Å²) < 4.78 is 24.0. The number of rotatable bonds is 7. The molecule has 2 aromatic carbocycles. The monoisotopic (exact) mass is 299 g/mol. The highest BCUT2D eigenvalue weighted by atomic mass is 19.1. The van der Waals surface area contributed by atoms with Crippen LogP contribution in [0.4, 0.5) is 4.39 Å². The van der Waals surface area contributed by atoms with E-state index in [1.807, 2.05) is 24.3 Å². The third-order valence-corrected chi connectivity index (χ3v) is 3.35. The highest BCUT2D eigenvalue weighted by molar-refractivity contribution is 5.32. The number of ether oxygens (including phenoxy) is 2. The molecule has 0 saturated carbocycles. The van der Waals surface area contributed by atoms with E-state index in [-0.39, 0.29) is 11.7 Å². The lowest BCUT2D eigenvalue weighted by molar-refractivity contribution is 0.302. The fraction of sp³-hybridized carbons (Fsp3) is 0.278. The van der Waals surface area contributed by atoms with Crippen LogP contribution < -0.4 is 9.47 Å². The van der Waals surface area contributed by atoms with Gasteiger partial charge in [0.15, 0.2) is 0 Å². The Morgan fingerprint density at radius 2 is 1.91 bits per heavy atom. The van der Waals surface area contributed by atoms with Gasteiger partial charge in [-0.3, -0.25) is 0 Å². The third-order valence-electron chi connectivity index (χ3n) is 3.35. The number of nitrogens with zero attached hydrogens (tertiary/aromatic N) is 1. The summed E-state index contributed by atoms with van der Waals surface area (Å²) in [5.41, 5.74) is 0.712. The normalized spacial score (nSPS) is 11.5. The van der Waals surface area contributed by atoms with Gasteiger partial charge >= 0.3 is 0 Å². The first-order valence-electron chi connectivity index (χ1n) is 7.15. The van der Waals surface area contributed by atoms with Gasteiger partial charge in [-0.25, -0.2) is 4.39 Å². The number of halogens is 1. The van der Waals surface area contributed by atoms with E-state index in [1.165, 1.54) is 12.1 Å². The lowest BCUT2D eigenvalue weighted by atomic mass is 9.96. The Balaban J connectivity index is 1.83. The van der Waals surface area contributed by atoms with Gasteiger partial charge < -0.3 is 9.47 Å². The van der Waals surface area contributed by atoms with Crippen LogP contribution >= 0.6 is 0 Å². The van der Waals surface area contributed by atoms with Crippen LogP contribution in [0.3, 0.4) is 0 Å². The second kappa shape index (κ2) is 8.04. The van der Waals surface area contributed by atoms with Gasteiger partial charge in [0.1, 0.15) is 17.3 Å². The van der Waals surface area contributed by atoms with Crippen molar-refractivity contribution in [2.45, 2.75) is 18.8 Å². The second-order valence-electron chi connectivity index (χ2n) is 4.91. The maximum atomic E-state index is 13.2. The molecule has 0 aliphatic heterocycles. The summed E-state index contributed by atoms with van der Waals surface area (Å²) in [5, 5.41) is 9.23. The zero-order valence-corrected chi connectivity index (χ0v) is 12.5. The molecule has 0 fully saturated rings. The zero-order chi connectivity index (χ0) is 15.8. The summed E-state index contributed by atoms with van der Waals surface area (Å²) in [7, 11) is 1.61. The topological polar surface area (TPSA) is 42.2 Å². The van der Waals surface area contributed by atoms with Gasteiger partial charge in [-0.05, 0) is 42.7 Å². The zero-order valence-electron chi connectivity index (χ0n) is 12.5. The molecule has 0 aliphatic rings. The molecule has 0 amide bonds. The average Bonchev–Trinajstić information content (AvgIpc) is 2.55. The summed E-state index contributed by atoms with van der Waals surface area (Å²) in [6.45, 7) is 0.501. The minimum absolute atomic E-state index is 0.314. The number of nitriles is 1. The maximum absolute atomic E-state index is 13.2. The van der Waals surface area contributed by atoms with E-state index >= 15 is 0 Å². The van der Waals surface area contributed by atoms with E-state index in [1.54, 1.807) is 19.2 Å². The standard InChI is InChI=1S/C18H18FNO2/c1-21-17-8-3-9-18(12-17)22-10-4-6-15(13-20)14-5-2-7-16(19)11-14/h2-3,5,7-9,11-12,15H,4,6,10H2,1H3. The van der Waals surface area contributed by atoms with E-state index < -0.39 is 0 Å². The van der Waals surface area contributed by atoms with Gasteiger partial charge in [0, 0.05) is 6.07 Å². The van der Waals surface area contributed by atoms with Crippen LogP contribution in [-0.2, 0) is 0 Å². The number of hydrogen-bond donors (Lipinski definition) is 0. The van der Waals surface area contributed by atoms with E-state index in [2.05, 4.69) is 6.07 Å². The molecule has 4 heteroatoms. The maximum Gasteiger partial charge on any atom is 0.123 e. The summed E-state index contributed by atoms with van der Waals surface area (Å²) in [6, 6.07) is 15.8. The fourth-order valence-corrected chi connectivity index (χ4v) is 2.20. The predicted molar refractivity (Wildman–Crippen MR) is 82.5 cm³/mol. The molecule has 0 saturated heterocycles. The number of methoxy groups -OCH3 is 1. The molecular weight excluding hydrogens is 281 g/mol. The van der Waals surface area contributed by atoms with Crippen molar-refractivity contribution < 1.29 is 13.9 Å². The molecule has 0 spiro atoms. The van der Waals surface area contributed by atoms with Gasteiger partial charge in [0.25, 0.3) is 0 Å². The molecule has 0 N–H and O–H groups in total. The molecule has 0 radical (unpaired) electrons.